The zero-order valence-electron chi connectivity index (χ0n) is 9.06. The predicted molar refractivity (Wildman–Crippen MR) is 60.0 cm³/mol. The second-order valence-electron chi connectivity index (χ2n) is 3.79. The maximum Gasteiger partial charge on any atom is 0.345 e. The first-order valence-electron chi connectivity index (χ1n) is 5.19. The molecule has 1 aromatic heterocycles. The van der Waals surface area contributed by atoms with Crippen LogP contribution >= 0.6 is 11.3 Å². The summed E-state index contributed by atoms with van der Waals surface area (Å²) in [5.41, 5.74) is 0.967. The molecule has 1 unspecified atom stereocenters. The SMILES string of the molecule is Cc1sc(C(=O)O)cc1COC1CCOC1. The highest BCUT2D eigenvalue weighted by molar-refractivity contribution is 7.14. The van der Waals surface area contributed by atoms with Gasteiger partial charge in [0.1, 0.15) is 4.88 Å². The Hall–Kier alpha value is -0.910. The van der Waals surface area contributed by atoms with Crippen LogP contribution in [-0.2, 0) is 16.1 Å². The van der Waals surface area contributed by atoms with Crippen molar-refractivity contribution >= 4 is 17.3 Å². The van der Waals surface area contributed by atoms with E-state index in [1.807, 2.05) is 6.92 Å². The first kappa shape index (κ1) is 11.6. The van der Waals surface area contributed by atoms with E-state index in [9.17, 15) is 4.79 Å². The van der Waals surface area contributed by atoms with Crippen LogP contribution in [0.25, 0.3) is 0 Å². The van der Waals surface area contributed by atoms with Crippen molar-refractivity contribution in [1.82, 2.24) is 0 Å². The van der Waals surface area contributed by atoms with Crippen molar-refractivity contribution in [3.8, 4) is 0 Å². The fourth-order valence-corrected chi connectivity index (χ4v) is 2.49. The Morgan fingerprint density at radius 3 is 3.12 bits per heavy atom. The van der Waals surface area contributed by atoms with Gasteiger partial charge in [-0.05, 0) is 25.0 Å². The number of hydrogen-bond acceptors (Lipinski definition) is 4. The van der Waals surface area contributed by atoms with Gasteiger partial charge < -0.3 is 14.6 Å². The van der Waals surface area contributed by atoms with Gasteiger partial charge in [0.15, 0.2) is 0 Å². The first-order valence-corrected chi connectivity index (χ1v) is 6.00. The molecular weight excluding hydrogens is 228 g/mol. The van der Waals surface area contributed by atoms with Crippen molar-refractivity contribution in [1.29, 1.82) is 0 Å². The lowest BCUT2D eigenvalue weighted by atomic mass is 10.2. The van der Waals surface area contributed by atoms with Gasteiger partial charge in [-0.2, -0.15) is 0 Å². The topological polar surface area (TPSA) is 55.8 Å². The molecule has 2 heterocycles. The molecule has 2 rings (SSSR count). The third kappa shape index (κ3) is 2.61. The third-order valence-corrected chi connectivity index (χ3v) is 3.67. The monoisotopic (exact) mass is 242 g/mol. The second-order valence-corrected chi connectivity index (χ2v) is 5.05. The molecule has 0 aliphatic carbocycles. The van der Waals surface area contributed by atoms with Gasteiger partial charge in [0, 0.05) is 11.5 Å². The van der Waals surface area contributed by atoms with Crippen LogP contribution in [0.4, 0.5) is 0 Å². The second kappa shape index (κ2) is 4.95. The Bertz CT molecular complexity index is 379. The molecule has 0 aromatic carbocycles. The van der Waals surface area contributed by atoms with Crippen molar-refractivity contribution in [3.63, 3.8) is 0 Å². The number of aryl methyl sites for hydroxylation is 1. The van der Waals surface area contributed by atoms with Gasteiger partial charge in [0.05, 0.1) is 19.3 Å². The van der Waals surface area contributed by atoms with Crippen molar-refractivity contribution in [2.45, 2.75) is 26.1 Å². The van der Waals surface area contributed by atoms with E-state index >= 15 is 0 Å². The van der Waals surface area contributed by atoms with E-state index in [1.54, 1.807) is 6.07 Å². The summed E-state index contributed by atoms with van der Waals surface area (Å²) < 4.78 is 10.9. The van der Waals surface area contributed by atoms with Gasteiger partial charge >= 0.3 is 5.97 Å². The third-order valence-electron chi connectivity index (χ3n) is 2.59. The van der Waals surface area contributed by atoms with Gasteiger partial charge in [-0.1, -0.05) is 0 Å². The maximum atomic E-state index is 10.8. The minimum atomic E-state index is -0.872. The Kier molecular flexibility index (Phi) is 3.58. The maximum absolute atomic E-state index is 10.8. The van der Waals surface area contributed by atoms with Crippen LogP contribution in [-0.4, -0.2) is 30.4 Å². The van der Waals surface area contributed by atoms with Crippen LogP contribution in [0.5, 0.6) is 0 Å². The van der Waals surface area contributed by atoms with E-state index in [-0.39, 0.29) is 6.10 Å². The molecule has 1 atom stereocenters. The van der Waals surface area contributed by atoms with E-state index in [0.717, 1.165) is 23.5 Å². The number of carbonyl (C=O) groups is 1. The first-order chi connectivity index (χ1) is 7.66. The standard InChI is InChI=1S/C11H14O4S/c1-7-8(4-10(16-7)11(12)13)5-15-9-2-3-14-6-9/h4,9H,2-3,5-6H2,1H3,(H,12,13). The van der Waals surface area contributed by atoms with Gasteiger partial charge in [0.2, 0.25) is 0 Å². The lowest BCUT2D eigenvalue weighted by Crippen LogP contribution is -2.11. The highest BCUT2D eigenvalue weighted by Gasteiger charge is 2.17. The smallest absolute Gasteiger partial charge is 0.345 e. The van der Waals surface area contributed by atoms with E-state index in [0.29, 0.717) is 18.1 Å². The molecule has 0 radical (unpaired) electrons. The number of carboxylic acids is 1. The Balaban J connectivity index is 1.95. The molecule has 1 aliphatic heterocycles. The molecule has 16 heavy (non-hydrogen) atoms. The van der Waals surface area contributed by atoms with E-state index in [2.05, 4.69) is 0 Å². The summed E-state index contributed by atoms with van der Waals surface area (Å²) in [5, 5.41) is 8.85. The molecule has 1 aliphatic rings. The number of aromatic carboxylic acids is 1. The van der Waals surface area contributed by atoms with Crippen LogP contribution in [0.1, 0.15) is 26.5 Å². The van der Waals surface area contributed by atoms with Crippen molar-refractivity contribution in [2.24, 2.45) is 0 Å². The molecule has 0 saturated carbocycles. The van der Waals surface area contributed by atoms with E-state index in [1.165, 1.54) is 11.3 Å². The molecule has 1 aromatic rings. The molecule has 4 nitrogen and oxygen atoms in total. The largest absolute Gasteiger partial charge is 0.477 e. The van der Waals surface area contributed by atoms with E-state index in [4.69, 9.17) is 14.6 Å². The molecule has 0 bridgehead atoms. The number of ether oxygens (including phenoxy) is 2. The summed E-state index contributed by atoms with van der Waals surface area (Å²) in [6.07, 6.45) is 1.09. The Morgan fingerprint density at radius 1 is 1.75 bits per heavy atom. The minimum Gasteiger partial charge on any atom is -0.477 e. The fraction of sp³-hybridized carbons (Fsp3) is 0.545. The number of thiophene rings is 1. The lowest BCUT2D eigenvalue weighted by Gasteiger charge is -2.08. The predicted octanol–water partition coefficient (Wildman–Crippen LogP) is 2.06. The van der Waals surface area contributed by atoms with Crippen LogP contribution in [0.15, 0.2) is 6.07 Å². The van der Waals surface area contributed by atoms with Crippen LogP contribution in [0.3, 0.4) is 0 Å². The average Bonchev–Trinajstić information content (AvgIpc) is 2.84. The highest BCUT2D eigenvalue weighted by atomic mass is 32.1. The number of rotatable bonds is 4. The summed E-state index contributed by atoms with van der Waals surface area (Å²) >= 11 is 1.29. The zero-order valence-corrected chi connectivity index (χ0v) is 9.88. The number of hydrogen-bond donors (Lipinski definition) is 1. The molecule has 0 amide bonds. The summed E-state index contributed by atoms with van der Waals surface area (Å²) in [6.45, 7) is 3.80. The molecule has 1 N–H and O–H groups in total. The zero-order chi connectivity index (χ0) is 11.5. The quantitative estimate of drug-likeness (QED) is 0.878. The average molecular weight is 242 g/mol. The minimum absolute atomic E-state index is 0.160. The molecule has 1 fully saturated rings. The van der Waals surface area contributed by atoms with Gasteiger partial charge in [-0.15, -0.1) is 11.3 Å². The molecule has 0 spiro atoms. The van der Waals surface area contributed by atoms with Gasteiger partial charge in [-0.25, -0.2) is 4.79 Å². The summed E-state index contributed by atoms with van der Waals surface area (Å²) in [7, 11) is 0. The highest BCUT2D eigenvalue weighted by Crippen LogP contribution is 2.23. The summed E-state index contributed by atoms with van der Waals surface area (Å²) in [4.78, 5) is 12.2. The van der Waals surface area contributed by atoms with Crippen molar-refractivity contribution in [3.05, 3.63) is 21.4 Å². The van der Waals surface area contributed by atoms with Gasteiger partial charge in [-0.3, -0.25) is 0 Å². The summed E-state index contributed by atoms with van der Waals surface area (Å²) in [5.74, 6) is -0.872. The van der Waals surface area contributed by atoms with Gasteiger partial charge in [0.25, 0.3) is 0 Å². The van der Waals surface area contributed by atoms with Crippen molar-refractivity contribution < 1.29 is 19.4 Å². The van der Waals surface area contributed by atoms with Crippen molar-refractivity contribution in [2.75, 3.05) is 13.2 Å². The molecule has 88 valence electrons. The lowest BCUT2D eigenvalue weighted by molar-refractivity contribution is 0.0317. The van der Waals surface area contributed by atoms with E-state index < -0.39 is 5.97 Å². The van der Waals surface area contributed by atoms with Crippen LogP contribution < -0.4 is 0 Å². The normalized spacial score (nSPS) is 20.2. The Morgan fingerprint density at radius 2 is 2.56 bits per heavy atom. The Labute approximate surface area is 97.8 Å². The summed E-state index contributed by atoms with van der Waals surface area (Å²) in [6, 6.07) is 1.69. The molecular formula is C11H14O4S. The number of carboxylic acid groups (broad SMARTS) is 1. The fourth-order valence-electron chi connectivity index (χ4n) is 1.62. The van der Waals surface area contributed by atoms with Crippen LogP contribution in [0, 0.1) is 6.92 Å². The molecule has 1 saturated heterocycles. The van der Waals surface area contributed by atoms with Crippen LogP contribution in [0.2, 0.25) is 0 Å². The molecule has 5 heteroatoms.